The van der Waals surface area contributed by atoms with Gasteiger partial charge in [-0.1, -0.05) is 65.9 Å². The molecule has 268 valence electrons. The summed E-state index contributed by atoms with van der Waals surface area (Å²) in [6.07, 6.45) is 3.39. The Kier molecular flexibility index (Phi) is 11.2. The second-order valence-corrected chi connectivity index (χ2v) is 13.7. The highest BCUT2D eigenvalue weighted by Gasteiger charge is 2.56. The van der Waals surface area contributed by atoms with Gasteiger partial charge in [-0.05, 0) is 73.4 Å². The van der Waals surface area contributed by atoms with Gasteiger partial charge < -0.3 is 19.6 Å². The van der Waals surface area contributed by atoms with Gasteiger partial charge in [0.05, 0.1) is 18.2 Å². The Morgan fingerprint density at radius 3 is 2.45 bits per heavy atom. The summed E-state index contributed by atoms with van der Waals surface area (Å²) in [5.74, 6) is 0.661. The Balaban J connectivity index is 1.25. The minimum Gasteiger partial charge on any atom is -0.488 e. The van der Waals surface area contributed by atoms with E-state index < -0.39 is 46.8 Å². The van der Waals surface area contributed by atoms with Crippen LogP contribution in [0.3, 0.4) is 0 Å². The number of carboxylic acids is 1. The monoisotopic (exact) mass is 721 g/mol. The smallest absolute Gasteiger partial charge is 0.303 e. The van der Waals surface area contributed by atoms with Crippen LogP contribution in [0.1, 0.15) is 61.6 Å². The zero-order valence-corrected chi connectivity index (χ0v) is 28.7. The van der Waals surface area contributed by atoms with Gasteiger partial charge in [-0.3, -0.25) is 19.7 Å². The first-order valence-electron chi connectivity index (χ1n) is 17.2. The van der Waals surface area contributed by atoms with E-state index in [1.54, 1.807) is 4.90 Å². The number of rotatable bonds is 15. The summed E-state index contributed by atoms with van der Waals surface area (Å²) in [5.41, 5.74) is 1.55. The number of carbonyl (C=O) groups is 3. The molecular weight excluding hydrogens is 683 g/mol. The van der Waals surface area contributed by atoms with Crippen LogP contribution in [0.2, 0.25) is 5.02 Å². The van der Waals surface area contributed by atoms with Crippen molar-refractivity contribution in [1.29, 1.82) is 0 Å². The lowest BCUT2D eigenvalue weighted by Crippen LogP contribution is -2.73. The SMILES string of the molecule is O=C(O)CCCC(=O)N1C[C@@H]2C#CC[C@](c3ccc(CCCOc4c(F)ccc(F)c4F)cc3)(N2)C1C(=O)N(CCc1ccccc1Cl)C1CC1. The van der Waals surface area contributed by atoms with Crippen molar-refractivity contribution in [1.82, 2.24) is 15.1 Å². The third-order valence-corrected chi connectivity index (χ3v) is 10.1. The van der Waals surface area contributed by atoms with Crippen LogP contribution < -0.4 is 10.1 Å². The summed E-state index contributed by atoms with van der Waals surface area (Å²) in [6, 6.07) is 15.3. The molecule has 1 aliphatic carbocycles. The number of benzene rings is 3. The standard InChI is InChI=1S/C39H39ClF3N3O5/c40-30-9-2-1-7-26(30)20-22-45(29-16-17-29)38(50)37-39(21-4-8-28(44-39)24-46(37)33(47)10-3-11-34(48)49)27-14-12-25(13-15-27)6-5-23-51-36-32(42)19-18-31(41)35(36)43/h1-2,7,9,12-15,18-19,28-29,37,44H,3,5-6,10-11,16-17,20-24H2,(H,48,49)/t28-,37?,39+/m0/s1. The van der Waals surface area contributed by atoms with E-state index in [1.165, 1.54) is 0 Å². The lowest BCUT2D eigenvalue weighted by molar-refractivity contribution is -0.154. The maximum atomic E-state index is 14.9. The van der Waals surface area contributed by atoms with Crippen LogP contribution in [0, 0.1) is 29.3 Å². The summed E-state index contributed by atoms with van der Waals surface area (Å²) in [7, 11) is 0. The van der Waals surface area contributed by atoms with Crippen LogP contribution in [0.25, 0.3) is 0 Å². The third kappa shape index (κ3) is 8.18. The fraction of sp³-hybridized carbons (Fsp3) is 0.410. The van der Waals surface area contributed by atoms with Gasteiger partial charge in [0.1, 0.15) is 6.04 Å². The van der Waals surface area contributed by atoms with E-state index in [9.17, 15) is 32.7 Å². The number of piperazine rings is 1. The number of carboxylic acid groups (broad SMARTS) is 1. The van der Waals surface area contributed by atoms with E-state index in [4.69, 9.17) is 16.3 Å². The van der Waals surface area contributed by atoms with Crippen LogP contribution in [0.15, 0.2) is 60.7 Å². The zero-order chi connectivity index (χ0) is 36.1. The highest BCUT2D eigenvalue weighted by Crippen LogP contribution is 2.41. The van der Waals surface area contributed by atoms with E-state index in [0.29, 0.717) is 36.9 Å². The predicted octanol–water partition coefficient (Wildman–Crippen LogP) is 6.03. The Bertz CT molecular complexity index is 1840. The number of aliphatic carboxylic acids is 1. The maximum absolute atomic E-state index is 14.9. The number of nitrogens with one attached hydrogen (secondary N) is 1. The minimum absolute atomic E-state index is 0.0141. The van der Waals surface area contributed by atoms with Crippen LogP contribution >= 0.6 is 11.6 Å². The summed E-state index contributed by atoms with van der Waals surface area (Å²) in [4.78, 5) is 43.5. The molecule has 1 saturated carbocycles. The topological polar surface area (TPSA) is 99.2 Å². The first kappa shape index (κ1) is 36.3. The average molecular weight is 722 g/mol. The summed E-state index contributed by atoms with van der Waals surface area (Å²) >= 11 is 6.46. The first-order chi connectivity index (χ1) is 24.6. The van der Waals surface area contributed by atoms with Crippen molar-refractivity contribution in [3.05, 3.63) is 99.8 Å². The van der Waals surface area contributed by atoms with Gasteiger partial charge in [-0.2, -0.15) is 4.39 Å². The van der Waals surface area contributed by atoms with Crippen LogP contribution in [0.5, 0.6) is 5.75 Å². The second-order valence-electron chi connectivity index (χ2n) is 13.3. The van der Waals surface area contributed by atoms with Crippen LogP contribution in [-0.4, -0.2) is 70.5 Å². The molecule has 2 heterocycles. The number of hydrogen-bond acceptors (Lipinski definition) is 5. The third-order valence-electron chi connectivity index (χ3n) is 9.75. The van der Waals surface area contributed by atoms with Gasteiger partial charge >= 0.3 is 5.97 Å². The number of halogens is 4. The van der Waals surface area contributed by atoms with Gasteiger partial charge in [0.15, 0.2) is 17.4 Å². The largest absolute Gasteiger partial charge is 0.488 e. The molecule has 2 N–H and O–H groups in total. The molecule has 3 atom stereocenters. The fourth-order valence-electron chi connectivity index (χ4n) is 7.03. The molecule has 3 aliphatic rings. The molecule has 3 aromatic carbocycles. The molecule has 2 aliphatic heterocycles. The number of amides is 2. The maximum Gasteiger partial charge on any atom is 0.303 e. The molecule has 1 saturated heterocycles. The lowest BCUT2D eigenvalue weighted by atomic mass is 9.73. The Morgan fingerprint density at radius 2 is 1.73 bits per heavy atom. The number of fused-ring (bicyclic) bond motifs is 2. The van der Waals surface area contributed by atoms with Gasteiger partial charge in [0.25, 0.3) is 0 Å². The molecular formula is C39H39ClF3N3O5. The fourth-order valence-corrected chi connectivity index (χ4v) is 7.26. The quantitative estimate of drug-likeness (QED) is 0.113. The molecule has 1 unspecified atom stereocenters. The normalized spacial score (nSPS) is 20.7. The van der Waals surface area contributed by atoms with Crippen molar-refractivity contribution >= 4 is 29.4 Å². The van der Waals surface area contributed by atoms with E-state index in [0.717, 1.165) is 35.6 Å². The molecule has 8 nitrogen and oxygen atoms in total. The molecule has 0 radical (unpaired) electrons. The minimum atomic E-state index is -1.37. The molecule has 3 aromatic rings. The van der Waals surface area contributed by atoms with Crippen molar-refractivity contribution in [3.8, 4) is 17.6 Å². The molecule has 0 spiro atoms. The van der Waals surface area contributed by atoms with Crippen molar-refractivity contribution in [2.24, 2.45) is 0 Å². The molecule has 2 amide bonds. The van der Waals surface area contributed by atoms with Gasteiger partial charge in [-0.25, -0.2) is 8.78 Å². The molecule has 2 bridgehead atoms. The number of aryl methyl sites for hydroxylation is 1. The average Bonchev–Trinajstić information content (AvgIpc) is 3.96. The highest BCUT2D eigenvalue weighted by atomic mass is 35.5. The highest BCUT2D eigenvalue weighted by molar-refractivity contribution is 6.31. The predicted molar refractivity (Wildman–Crippen MR) is 184 cm³/mol. The molecule has 6 rings (SSSR count). The van der Waals surface area contributed by atoms with E-state index >= 15 is 0 Å². The number of hydrogen-bond donors (Lipinski definition) is 2. The van der Waals surface area contributed by atoms with Crippen molar-refractivity contribution in [2.45, 2.75) is 81.5 Å². The molecule has 0 aromatic heterocycles. The van der Waals surface area contributed by atoms with Gasteiger partial charge in [0.2, 0.25) is 17.6 Å². The van der Waals surface area contributed by atoms with Gasteiger partial charge in [-0.15, -0.1) is 0 Å². The summed E-state index contributed by atoms with van der Waals surface area (Å²) in [5, 5.41) is 13.5. The molecule has 2 fully saturated rings. The number of ether oxygens (including phenoxy) is 1. The Hall–Kier alpha value is -4.53. The molecule has 12 heteroatoms. The lowest BCUT2D eigenvalue weighted by Gasteiger charge is -2.53. The first-order valence-corrected chi connectivity index (χ1v) is 17.6. The van der Waals surface area contributed by atoms with E-state index in [-0.39, 0.29) is 56.7 Å². The second kappa shape index (κ2) is 15.8. The number of carbonyl (C=O) groups excluding carboxylic acids is 2. The van der Waals surface area contributed by atoms with Crippen molar-refractivity contribution < 1.29 is 37.4 Å². The van der Waals surface area contributed by atoms with Crippen molar-refractivity contribution in [2.75, 3.05) is 19.7 Å². The Labute approximate surface area is 299 Å². The summed E-state index contributed by atoms with van der Waals surface area (Å²) < 4.78 is 46.7. The van der Waals surface area contributed by atoms with Crippen molar-refractivity contribution in [3.63, 3.8) is 0 Å². The van der Waals surface area contributed by atoms with Crippen LogP contribution in [0.4, 0.5) is 13.2 Å². The van der Waals surface area contributed by atoms with Gasteiger partial charge in [0, 0.05) is 43.4 Å². The molecule has 51 heavy (non-hydrogen) atoms. The zero-order valence-electron chi connectivity index (χ0n) is 28.0. The Morgan fingerprint density at radius 1 is 0.980 bits per heavy atom. The number of nitrogens with zero attached hydrogens (tertiary/aromatic N) is 2. The van der Waals surface area contributed by atoms with Crippen LogP contribution in [-0.2, 0) is 32.8 Å². The van der Waals surface area contributed by atoms with E-state index in [2.05, 4.69) is 17.2 Å². The summed E-state index contributed by atoms with van der Waals surface area (Å²) in [6.45, 7) is 0.563. The van der Waals surface area contributed by atoms with E-state index in [1.807, 2.05) is 53.4 Å².